The van der Waals surface area contributed by atoms with Gasteiger partial charge in [-0.2, -0.15) is 0 Å². The second-order valence-corrected chi connectivity index (χ2v) is 5.26. The number of aromatic nitrogens is 3. The van der Waals surface area contributed by atoms with Gasteiger partial charge in [0, 0.05) is 0 Å². The van der Waals surface area contributed by atoms with Gasteiger partial charge in [0.2, 0.25) is 0 Å². The van der Waals surface area contributed by atoms with E-state index in [9.17, 15) is 9.18 Å². The number of benzene rings is 1. The van der Waals surface area contributed by atoms with E-state index in [1.165, 1.54) is 12.1 Å². The molecule has 106 valence electrons. The molecule has 0 aliphatic heterocycles. The van der Waals surface area contributed by atoms with Crippen molar-refractivity contribution in [3.8, 4) is 0 Å². The molecule has 0 aliphatic rings. The van der Waals surface area contributed by atoms with Crippen LogP contribution in [0.5, 0.6) is 0 Å². The Bertz CT molecular complexity index is 630. The fourth-order valence-electron chi connectivity index (χ4n) is 1.94. The number of rotatable bonds is 5. The van der Waals surface area contributed by atoms with E-state index in [4.69, 9.17) is 5.11 Å². The summed E-state index contributed by atoms with van der Waals surface area (Å²) in [6.45, 7) is 3.68. The molecule has 0 aliphatic carbocycles. The molecule has 1 N–H and O–H groups in total. The lowest BCUT2D eigenvalue weighted by Crippen LogP contribution is -2.11. The largest absolute Gasteiger partial charge is 0.481 e. The first kappa shape index (κ1) is 14.5. The first-order chi connectivity index (χ1) is 9.49. The maximum Gasteiger partial charge on any atom is 0.313 e. The number of carboxylic acid groups (broad SMARTS) is 1. The minimum atomic E-state index is -0.916. The average molecular weight is 295 g/mol. The van der Waals surface area contributed by atoms with E-state index < -0.39 is 5.97 Å². The third-order valence-corrected chi connectivity index (χ3v) is 3.81. The van der Waals surface area contributed by atoms with Crippen LogP contribution in [0.15, 0.2) is 29.4 Å². The second kappa shape index (κ2) is 6.04. The molecular formula is C13H14FN3O2S. The molecule has 5 nitrogen and oxygen atoms in total. The highest BCUT2D eigenvalue weighted by Crippen LogP contribution is 2.26. The topological polar surface area (TPSA) is 68.0 Å². The average Bonchev–Trinajstić information content (AvgIpc) is 2.76. The summed E-state index contributed by atoms with van der Waals surface area (Å²) in [6.07, 6.45) is 0. The van der Waals surface area contributed by atoms with Crippen LogP contribution in [0.4, 0.5) is 4.39 Å². The minimum Gasteiger partial charge on any atom is -0.481 e. The van der Waals surface area contributed by atoms with Crippen LogP contribution in [-0.2, 0) is 4.79 Å². The molecule has 1 atom stereocenters. The zero-order valence-electron chi connectivity index (χ0n) is 11.1. The van der Waals surface area contributed by atoms with E-state index in [0.717, 1.165) is 17.3 Å². The SMILES string of the molecule is Cc1nnc(SCC(=O)O)n1C(C)c1cccc(F)c1. The maximum atomic E-state index is 13.3. The first-order valence-electron chi connectivity index (χ1n) is 6.00. The lowest BCUT2D eigenvalue weighted by Gasteiger charge is -2.17. The van der Waals surface area contributed by atoms with Crippen molar-refractivity contribution in [3.05, 3.63) is 41.5 Å². The van der Waals surface area contributed by atoms with Gasteiger partial charge in [0.05, 0.1) is 11.8 Å². The van der Waals surface area contributed by atoms with Crippen molar-refractivity contribution in [1.29, 1.82) is 0 Å². The molecule has 2 aromatic rings. The highest BCUT2D eigenvalue weighted by molar-refractivity contribution is 7.99. The fraction of sp³-hybridized carbons (Fsp3) is 0.308. The number of thioether (sulfide) groups is 1. The summed E-state index contributed by atoms with van der Waals surface area (Å²) >= 11 is 1.10. The molecule has 0 saturated heterocycles. The Balaban J connectivity index is 2.31. The number of carboxylic acids is 1. The zero-order chi connectivity index (χ0) is 14.7. The summed E-state index contributed by atoms with van der Waals surface area (Å²) in [6, 6.07) is 6.13. The molecule has 0 saturated carbocycles. The van der Waals surface area contributed by atoms with Crippen molar-refractivity contribution in [2.45, 2.75) is 25.0 Å². The minimum absolute atomic E-state index is 0.0893. The van der Waals surface area contributed by atoms with Gasteiger partial charge in [0.25, 0.3) is 0 Å². The van der Waals surface area contributed by atoms with E-state index in [0.29, 0.717) is 11.0 Å². The Morgan fingerprint density at radius 1 is 1.50 bits per heavy atom. The molecule has 1 aromatic heterocycles. The number of hydrogen-bond donors (Lipinski definition) is 1. The summed E-state index contributed by atoms with van der Waals surface area (Å²) in [5.41, 5.74) is 0.782. The van der Waals surface area contributed by atoms with Crippen molar-refractivity contribution in [2.75, 3.05) is 5.75 Å². The summed E-state index contributed by atoms with van der Waals surface area (Å²) in [4.78, 5) is 10.6. The highest BCUT2D eigenvalue weighted by Gasteiger charge is 2.18. The molecule has 1 heterocycles. The van der Waals surface area contributed by atoms with Gasteiger partial charge in [-0.1, -0.05) is 23.9 Å². The van der Waals surface area contributed by atoms with E-state index >= 15 is 0 Å². The third-order valence-electron chi connectivity index (χ3n) is 2.88. The van der Waals surface area contributed by atoms with Crippen LogP contribution >= 0.6 is 11.8 Å². The predicted octanol–water partition coefficient (Wildman–Crippen LogP) is 2.51. The van der Waals surface area contributed by atoms with E-state index in [2.05, 4.69) is 10.2 Å². The molecule has 7 heteroatoms. The molecule has 0 spiro atoms. The molecule has 0 fully saturated rings. The number of nitrogens with zero attached hydrogens (tertiary/aromatic N) is 3. The van der Waals surface area contributed by atoms with Gasteiger partial charge in [-0.05, 0) is 31.5 Å². The van der Waals surface area contributed by atoms with Gasteiger partial charge in [0.15, 0.2) is 5.16 Å². The normalized spacial score (nSPS) is 12.3. The number of halogens is 1. The lowest BCUT2D eigenvalue weighted by molar-refractivity contribution is -0.133. The molecule has 0 bridgehead atoms. The molecule has 0 amide bonds. The molecule has 1 unspecified atom stereocenters. The second-order valence-electron chi connectivity index (χ2n) is 4.31. The van der Waals surface area contributed by atoms with Crippen molar-refractivity contribution in [1.82, 2.24) is 14.8 Å². The Kier molecular flexibility index (Phi) is 4.39. The first-order valence-corrected chi connectivity index (χ1v) is 6.99. The Hall–Kier alpha value is -1.89. The Morgan fingerprint density at radius 2 is 2.25 bits per heavy atom. The van der Waals surface area contributed by atoms with Gasteiger partial charge >= 0.3 is 5.97 Å². The maximum absolute atomic E-state index is 13.3. The van der Waals surface area contributed by atoms with Crippen molar-refractivity contribution in [3.63, 3.8) is 0 Å². The molecular weight excluding hydrogens is 281 g/mol. The Labute approximate surface area is 119 Å². The van der Waals surface area contributed by atoms with E-state index in [1.807, 2.05) is 17.6 Å². The smallest absolute Gasteiger partial charge is 0.313 e. The summed E-state index contributed by atoms with van der Waals surface area (Å²) in [5.74, 6) is -0.649. The van der Waals surface area contributed by atoms with Crippen LogP contribution in [-0.4, -0.2) is 31.6 Å². The van der Waals surface area contributed by atoms with Crippen LogP contribution in [0.3, 0.4) is 0 Å². The van der Waals surface area contributed by atoms with Gasteiger partial charge in [-0.25, -0.2) is 4.39 Å². The predicted molar refractivity (Wildman–Crippen MR) is 73.3 cm³/mol. The number of hydrogen-bond acceptors (Lipinski definition) is 4. The van der Waals surface area contributed by atoms with Gasteiger partial charge in [0.1, 0.15) is 11.6 Å². The number of aryl methyl sites for hydroxylation is 1. The summed E-state index contributed by atoms with van der Waals surface area (Å²) in [5, 5.41) is 17.2. The van der Waals surface area contributed by atoms with E-state index in [1.54, 1.807) is 13.0 Å². The standard InChI is InChI=1S/C13H14FN3O2S/c1-8(10-4-3-5-11(14)6-10)17-9(2)15-16-13(17)20-7-12(18)19/h3-6,8H,7H2,1-2H3,(H,18,19). The summed E-state index contributed by atoms with van der Waals surface area (Å²) in [7, 11) is 0. The van der Waals surface area contributed by atoms with Crippen LogP contribution in [0.2, 0.25) is 0 Å². The monoisotopic (exact) mass is 295 g/mol. The highest BCUT2D eigenvalue weighted by atomic mass is 32.2. The van der Waals surface area contributed by atoms with Crippen LogP contribution < -0.4 is 0 Å². The quantitative estimate of drug-likeness (QED) is 0.858. The van der Waals surface area contributed by atoms with Crippen molar-refractivity contribution in [2.24, 2.45) is 0 Å². The zero-order valence-corrected chi connectivity index (χ0v) is 11.9. The van der Waals surface area contributed by atoms with Gasteiger partial charge in [-0.15, -0.1) is 10.2 Å². The number of carbonyl (C=O) groups is 1. The third kappa shape index (κ3) is 3.16. The lowest BCUT2D eigenvalue weighted by atomic mass is 10.1. The molecule has 20 heavy (non-hydrogen) atoms. The van der Waals surface area contributed by atoms with Gasteiger partial charge in [-0.3, -0.25) is 9.36 Å². The van der Waals surface area contributed by atoms with Crippen LogP contribution in [0.1, 0.15) is 24.4 Å². The van der Waals surface area contributed by atoms with Crippen molar-refractivity contribution < 1.29 is 14.3 Å². The molecule has 0 radical (unpaired) electrons. The van der Waals surface area contributed by atoms with E-state index in [-0.39, 0.29) is 17.6 Å². The van der Waals surface area contributed by atoms with Crippen LogP contribution in [0, 0.1) is 12.7 Å². The fourth-order valence-corrected chi connectivity index (χ4v) is 2.72. The number of aliphatic carboxylic acids is 1. The summed E-state index contributed by atoms with van der Waals surface area (Å²) < 4.78 is 15.1. The van der Waals surface area contributed by atoms with Crippen LogP contribution in [0.25, 0.3) is 0 Å². The molecule has 2 rings (SSSR count). The van der Waals surface area contributed by atoms with Gasteiger partial charge < -0.3 is 5.11 Å². The van der Waals surface area contributed by atoms with Crippen molar-refractivity contribution >= 4 is 17.7 Å². The molecule has 1 aromatic carbocycles. The Morgan fingerprint density at radius 3 is 2.90 bits per heavy atom.